The number of aliphatic hydroxyl groups is 2. The number of allylic oxidation sites excluding steroid dienone is 4. The quantitative estimate of drug-likeness (QED) is 0.167. The Balaban J connectivity index is 2.13. The third-order valence-electron chi connectivity index (χ3n) is 6.62. The summed E-state index contributed by atoms with van der Waals surface area (Å²) >= 11 is 0. The Labute approximate surface area is 223 Å². The van der Waals surface area contributed by atoms with E-state index in [1.54, 1.807) is 0 Å². The van der Waals surface area contributed by atoms with E-state index in [9.17, 15) is 29.4 Å². The van der Waals surface area contributed by atoms with Gasteiger partial charge in [0, 0.05) is 50.2 Å². The first kappa shape index (κ1) is 30.9. The lowest BCUT2D eigenvalue weighted by molar-refractivity contribution is -0.137. The van der Waals surface area contributed by atoms with Crippen molar-refractivity contribution in [3.8, 4) is 0 Å². The van der Waals surface area contributed by atoms with Gasteiger partial charge >= 0.3 is 11.9 Å². The molecule has 0 spiro atoms. The second-order valence-corrected chi connectivity index (χ2v) is 11.7. The van der Waals surface area contributed by atoms with Gasteiger partial charge < -0.3 is 20.4 Å². The standard InChI is InChI=1S/C28H40N2O8/c1-27(2)13-17(29-11-9-23(35)36)25(21(33)15-27)19(31)7-5-6-8-20(32)26-18(30-12-10-24(37)38)14-28(3,4)16-22(26)34/h31-32H,5-16H2,1-4H3,(H,35,36)(H,37,38)/b25-19+,26-20+,29-17?,30-18?. The third kappa shape index (κ3) is 9.22. The highest BCUT2D eigenvalue weighted by molar-refractivity contribution is 6.25. The molecular formula is C28H40N2O8. The van der Waals surface area contributed by atoms with E-state index in [1.165, 1.54) is 0 Å². The first-order valence-electron chi connectivity index (χ1n) is 13.0. The van der Waals surface area contributed by atoms with E-state index in [1.807, 2.05) is 27.7 Å². The summed E-state index contributed by atoms with van der Waals surface area (Å²) in [7, 11) is 0. The summed E-state index contributed by atoms with van der Waals surface area (Å²) in [5, 5.41) is 39.3. The molecule has 38 heavy (non-hydrogen) atoms. The number of ketones is 2. The Hall–Kier alpha value is -3.30. The lowest BCUT2D eigenvalue weighted by atomic mass is 9.73. The Kier molecular flexibility index (Phi) is 10.6. The topological polar surface area (TPSA) is 174 Å². The van der Waals surface area contributed by atoms with Crippen LogP contribution in [0.4, 0.5) is 0 Å². The molecule has 2 aliphatic rings. The average Bonchev–Trinajstić information content (AvgIpc) is 2.73. The van der Waals surface area contributed by atoms with Gasteiger partial charge in [-0.15, -0.1) is 0 Å². The minimum atomic E-state index is -0.991. The molecule has 0 radical (unpaired) electrons. The number of aliphatic hydroxyl groups excluding tert-OH is 2. The number of hydrogen-bond donors (Lipinski definition) is 4. The van der Waals surface area contributed by atoms with Crippen molar-refractivity contribution < 1.29 is 39.6 Å². The molecule has 0 aromatic carbocycles. The zero-order valence-electron chi connectivity index (χ0n) is 22.8. The minimum absolute atomic E-state index is 0.0213. The number of unbranched alkanes of at least 4 members (excludes halogenated alkanes) is 1. The van der Waals surface area contributed by atoms with Crippen LogP contribution in [0.1, 0.15) is 91.9 Å². The lowest BCUT2D eigenvalue weighted by Gasteiger charge is -2.31. The van der Waals surface area contributed by atoms with Crippen molar-refractivity contribution in [3.05, 3.63) is 22.7 Å². The van der Waals surface area contributed by atoms with Crippen LogP contribution in [0.25, 0.3) is 0 Å². The average molecular weight is 533 g/mol. The van der Waals surface area contributed by atoms with Gasteiger partial charge in [-0.3, -0.25) is 29.2 Å². The van der Waals surface area contributed by atoms with Crippen LogP contribution in [0.5, 0.6) is 0 Å². The van der Waals surface area contributed by atoms with E-state index < -0.39 is 11.9 Å². The molecule has 0 unspecified atom stereocenters. The van der Waals surface area contributed by atoms with Crippen LogP contribution in [-0.2, 0) is 19.2 Å². The molecule has 2 saturated carbocycles. The predicted octanol–water partition coefficient (Wildman–Crippen LogP) is 4.78. The second-order valence-electron chi connectivity index (χ2n) is 11.7. The molecule has 2 fully saturated rings. The van der Waals surface area contributed by atoms with Gasteiger partial charge in [-0.2, -0.15) is 0 Å². The fraction of sp³-hybridized carbons (Fsp3) is 0.643. The molecule has 210 valence electrons. The Morgan fingerprint density at radius 1 is 0.632 bits per heavy atom. The number of hydrogen-bond acceptors (Lipinski definition) is 8. The van der Waals surface area contributed by atoms with Crippen LogP contribution in [0.15, 0.2) is 32.6 Å². The summed E-state index contributed by atoms with van der Waals surface area (Å²) in [6, 6.07) is 0. The Bertz CT molecular complexity index is 1010. The maximum atomic E-state index is 12.8. The maximum absolute atomic E-state index is 12.8. The number of aliphatic carboxylic acids is 2. The van der Waals surface area contributed by atoms with Crippen molar-refractivity contribution >= 4 is 34.9 Å². The maximum Gasteiger partial charge on any atom is 0.305 e. The van der Waals surface area contributed by atoms with Gasteiger partial charge in [0.2, 0.25) is 0 Å². The molecule has 0 atom stereocenters. The number of carbonyl (C=O) groups is 4. The van der Waals surface area contributed by atoms with Gasteiger partial charge in [0.25, 0.3) is 0 Å². The van der Waals surface area contributed by atoms with E-state index in [2.05, 4.69) is 9.98 Å². The summed E-state index contributed by atoms with van der Waals surface area (Å²) in [5.41, 5.74) is 0.488. The number of carboxylic acids is 2. The lowest BCUT2D eigenvalue weighted by Crippen LogP contribution is -2.33. The number of carbonyl (C=O) groups excluding carboxylic acids is 2. The molecule has 10 nitrogen and oxygen atoms in total. The SMILES string of the molecule is CC1(C)CC(=O)/C(=C(/O)CCCC/C(O)=C2\C(=O)CC(C)(C)CC2=NCCC(=O)O)C(=NCCC(=O)O)C1. The largest absolute Gasteiger partial charge is 0.511 e. The van der Waals surface area contributed by atoms with Crippen molar-refractivity contribution in [2.75, 3.05) is 13.1 Å². The summed E-state index contributed by atoms with van der Waals surface area (Å²) in [6.07, 6.45) is 2.26. The van der Waals surface area contributed by atoms with Crippen LogP contribution < -0.4 is 0 Å². The Morgan fingerprint density at radius 3 is 1.29 bits per heavy atom. The molecule has 0 saturated heterocycles. The van der Waals surface area contributed by atoms with Crippen molar-refractivity contribution in [1.29, 1.82) is 0 Å². The highest BCUT2D eigenvalue weighted by atomic mass is 16.4. The zero-order valence-corrected chi connectivity index (χ0v) is 22.8. The van der Waals surface area contributed by atoms with Crippen LogP contribution in [0.3, 0.4) is 0 Å². The fourth-order valence-electron chi connectivity index (χ4n) is 4.91. The van der Waals surface area contributed by atoms with Gasteiger partial charge in [-0.25, -0.2) is 0 Å². The van der Waals surface area contributed by atoms with Crippen molar-refractivity contribution in [2.45, 2.75) is 91.9 Å². The van der Waals surface area contributed by atoms with Gasteiger partial charge in [0.1, 0.15) is 11.5 Å². The zero-order chi connectivity index (χ0) is 28.7. The van der Waals surface area contributed by atoms with Gasteiger partial charge in [-0.1, -0.05) is 27.7 Å². The van der Waals surface area contributed by atoms with Crippen LogP contribution in [0, 0.1) is 10.8 Å². The highest BCUT2D eigenvalue weighted by Gasteiger charge is 2.37. The summed E-state index contributed by atoms with van der Waals surface area (Å²) in [5.74, 6) is -2.63. The monoisotopic (exact) mass is 532 g/mol. The predicted molar refractivity (Wildman–Crippen MR) is 143 cm³/mol. The van der Waals surface area contributed by atoms with Crippen molar-refractivity contribution in [2.24, 2.45) is 20.8 Å². The highest BCUT2D eigenvalue weighted by Crippen LogP contribution is 2.37. The number of nitrogens with zero attached hydrogens (tertiary/aromatic N) is 2. The molecule has 0 heterocycles. The van der Waals surface area contributed by atoms with E-state index in [0.717, 1.165) is 0 Å². The van der Waals surface area contributed by atoms with Gasteiger partial charge in [-0.05, 0) is 36.5 Å². The molecule has 0 amide bonds. The van der Waals surface area contributed by atoms with Gasteiger partial charge in [0.05, 0.1) is 24.0 Å². The number of rotatable bonds is 11. The molecule has 0 aliphatic heterocycles. The van der Waals surface area contributed by atoms with Crippen molar-refractivity contribution in [3.63, 3.8) is 0 Å². The molecule has 4 N–H and O–H groups in total. The molecule has 0 aromatic heterocycles. The van der Waals surface area contributed by atoms with Crippen LogP contribution in [0.2, 0.25) is 0 Å². The first-order valence-corrected chi connectivity index (χ1v) is 13.0. The first-order chi connectivity index (χ1) is 17.6. The minimum Gasteiger partial charge on any atom is -0.511 e. The van der Waals surface area contributed by atoms with Crippen LogP contribution >= 0.6 is 0 Å². The van der Waals surface area contributed by atoms with E-state index in [0.29, 0.717) is 37.1 Å². The van der Waals surface area contributed by atoms with E-state index in [-0.39, 0.29) is 96.7 Å². The second kappa shape index (κ2) is 13.0. The normalized spacial score (nSPS) is 24.0. The molecule has 2 rings (SSSR count). The molecule has 0 bridgehead atoms. The molecule has 2 aliphatic carbocycles. The summed E-state index contributed by atoms with van der Waals surface area (Å²) < 4.78 is 0. The number of aliphatic imine (C=N–C) groups is 2. The number of Topliss-reactive ketones (excluding diaryl/α,β-unsaturated/α-hetero) is 2. The molecule has 0 aromatic rings. The van der Waals surface area contributed by atoms with Crippen LogP contribution in [-0.4, -0.2) is 68.4 Å². The van der Waals surface area contributed by atoms with E-state index in [4.69, 9.17) is 10.2 Å². The molecular weight excluding hydrogens is 492 g/mol. The van der Waals surface area contributed by atoms with Crippen molar-refractivity contribution in [1.82, 2.24) is 0 Å². The Morgan fingerprint density at radius 2 is 0.974 bits per heavy atom. The summed E-state index contributed by atoms with van der Waals surface area (Å²) in [4.78, 5) is 56.0. The fourth-order valence-corrected chi connectivity index (χ4v) is 4.91. The third-order valence-corrected chi connectivity index (χ3v) is 6.62. The summed E-state index contributed by atoms with van der Waals surface area (Å²) in [6.45, 7) is 7.74. The molecule has 10 heteroatoms. The smallest absolute Gasteiger partial charge is 0.305 e. The van der Waals surface area contributed by atoms with Gasteiger partial charge in [0.15, 0.2) is 11.6 Å². The number of carboxylic acid groups (broad SMARTS) is 2. The van der Waals surface area contributed by atoms with E-state index >= 15 is 0 Å².